The van der Waals surface area contributed by atoms with Crippen LogP contribution in [0.1, 0.15) is 70.0 Å². The largest absolute Gasteiger partial charge is 0.415 e. The Labute approximate surface area is 137 Å². The first kappa shape index (κ1) is 17.9. The van der Waals surface area contributed by atoms with Crippen LogP contribution >= 0.6 is 0 Å². The molecule has 7 nitrogen and oxygen atoms in total. The van der Waals surface area contributed by atoms with Crippen molar-refractivity contribution in [3.63, 3.8) is 0 Å². The van der Waals surface area contributed by atoms with Crippen LogP contribution in [0, 0.1) is 5.41 Å². The van der Waals surface area contributed by atoms with Gasteiger partial charge in [-0.2, -0.15) is 0 Å². The molecule has 1 aromatic heterocycles. The van der Waals surface area contributed by atoms with Crippen molar-refractivity contribution in [3.05, 3.63) is 11.8 Å². The summed E-state index contributed by atoms with van der Waals surface area (Å²) in [6.07, 6.45) is 5.02. The number of rotatable bonds is 4. The van der Waals surface area contributed by atoms with Crippen LogP contribution in [-0.4, -0.2) is 36.8 Å². The zero-order chi connectivity index (χ0) is 17.5. The van der Waals surface area contributed by atoms with Gasteiger partial charge in [-0.3, -0.25) is 4.79 Å². The Balaban J connectivity index is 2.05. The molecule has 0 radical (unpaired) electrons. The van der Waals surface area contributed by atoms with E-state index in [2.05, 4.69) is 29.4 Å². The summed E-state index contributed by atoms with van der Waals surface area (Å²) in [5.41, 5.74) is 0.318. The predicted octanol–water partition coefficient (Wildman–Crippen LogP) is 2.05. The minimum Gasteiger partial charge on any atom is -0.415 e. The molecule has 8 heteroatoms. The summed E-state index contributed by atoms with van der Waals surface area (Å²) in [5, 5.41) is 10.3. The Morgan fingerprint density at radius 1 is 1.26 bits per heavy atom. The number of nitrogens with zero attached hydrogens (tertiary/aromatic N) is 2. The van der Waals surface area contributed by atoms with Crippen LogP contribution in [-0.2, 0) is 14.6 Å². The molecule has 0 spiro atoms. The van der Waals surface area contributed by atoms with Crippen molar-refractivity contribution in [2.45, 2.75) is 64.2 Å². The summed E-state index contributed by atoms with van der Waals surface area (Å²) >= 11 is 0. The smallest absolute Gasteiger partial charge is 0.309 e. The van der Waals surface area contributed by atoms with Gasteiger partial charge in [-0.1, -0.05) is 13.8 Å². The highest BCUT2D eigenvalue weighted by Crippen LogP contribution is 2.35. The van der Waals surface area contributed by atoms with Gasteiger partial charge in [0.15, 0.2) is 9.84 Å². The van der Waals surface area contributed by atoms with Crippen molar-refractivity contribution in [1.29, 1.82) is 0 Å². The average Bonchev–Trinajstić information content (AvgIpc) is 2.90. The van der Waals surface area contributed by atoms with E-state index in [-0.39, 0.29) is 17.8 Å². The van der Waals surface area contributed by atoms with E-state index in [0.29, 0.717) is 5.41 Å². The Morgan fingerprint density at radius 3 is 2.35 bits per heavy atom. The number of hydrogen-bond acceptors (Lipinski definition) is 6. The number of carbonyl (C=O) groups is 1. The van der Waals surface area contributed by atoms with E-state index < -0.39 is 20.5 Å². The maximum atomic E-state index is 12.2. The highest BCUT2D eigenvalue weighted by Gasteiger charge is 2.39. The van der Waals surface area contributed by atoms with Crippen LogP contribution in [0.2, 0.25) is 0 Å². The molecule has 1 aromatic rings. The molecule has 0 atom stereocenters. The topological polar surface area (TPSA) is 102 Å². The molecule has 0 bridgehead atoms. The molecule has 130 valence electrons. The quantitative estimate of drug-likeness (QED) is 0.897. The van der Waals surface area contributed by atoms with E-state index in [1.165, 1.54) is 13.8 Å². The molecule has 1 N–H and O–H groups in total. The summed E-state index contributed by atoms with van der Waals surface area (Å²) in [7, 11) is -3.44. The van der Waals surface area contributed by atoms with Crippen molar-refractivity contribution < 1.29 is 17.6 Å². The third-order valence-corrected chi connectivity index (χ3v) is 6.76. The Bertz CT molecular complexity index is 681. The lowest BCUT2D eigenvalue weighted by Crippen LogP contribution is -2.39. The summed E-state index contributed by atoms with van der Waals surface area (Å²) < 4.78 is 27.5. The fourth-order valence-electron chi connectivity index (χ4n) is 2.51. The Hall–Kier alpha value is -1.44. The molecule has 0 saturated heterocycles. The molecule has 0 unspecified atom stereocenters. The monoisotopic (exact) mass is 343 g/mol. The Kier molecular flexibility index (Phi) is 4.58. The van der Waals surface area contributed by atoms with Gasteiger partial charge < -0.3 is 9.73 Å². The van der Waals surface area contributed by atoms with Gasteiger partial charge in [0, 0.05) is 12.3 Å². The van der Waals surface area contributed by atoms with Crippen molar-refractivity contribution >= 4 is 15.7 Å². The first-order valence-electron chi connectivity index (χ1n) is 7.77. The molecule has 1 fully saturated rings. The van der Waals surface area contributed by atoms with E-state index in [0.717, 1.165) is 31.9 Å². The molecule has 1 amide bonds. The third kappa shape index (κ3) is 3.91. The lowest BCUT2D eigenvalue weighted by atomic mass is 9.75. The van der Waals surface area contributed by atoms with Crippen LogP contribution in [0.15, 0.2) is 4.42 Å². The average molecular weight is 343 g/mol. The van der Waals surface area contributed by atoms with Crippen LogP contribution in [0.4, 0.5) is 0 Å². The molecule has 23 heavy (non-hydrogen) atoms. The van der Waals surface area contributed by atoms with Gasteiger partial charge >= 0.3 is 11.8 Å². The van der Waals surface area contributed by atoms with Gasteiger partial charge in [-0.25, -0.2) is 8.42 Å². The zero-order valence-corrected chi connectivity index (χ0v) is 15.2. The SMILES string of the molecule is CC1(C)CCC(NC(=O)c2nnc(C(C)(C)S(C)(=O)=O)o2)CC1. The van der Waals surface area contributed by atoms with Crippen LogP contribution in [0.25, 0.3) is 0 Å². The second-order valence-corrected chi connectivity index (χ2v) is 10.2. The van der Waals surface area contributed by atoms with Gasteiger partial charge in [0.2, 0.25) is 5.89 Å². The number of amides is 1. The number of sulfone groups is 1. The fraction of sp³-hybridized carbons (Fsp3) is 0.800. The molecule has 2 rings (SSSR count). The van der Waals surface area contributed by atoms with Crippen LogP contribution < -0.4 is 5.32 Å². The number of hydrogen-bond donors (Lipinski definition) is 1. The molecule has 1 aliphatic rings. The van der Waals surface area contributed by atoms with Crippen molar-refractivity contribution in [2.24, 2.45) is 5.41 Å². The highest BCUT2D eigenvalue weighted by molar-refractivity contribution is 7.91. The standard InChI is InChI=1S/C15H25N3O4S/c1-14(2)8-6-10(7-9-14)16-11(19)12-17-18-13(22-12)15(3,4)23(5,20)21/h10H,6-9H2,1-5H3,(H,16,19). The van der Waals surface area contributed by atoms with Crippen molar-refractivity contribution in [2.75, 3.05) is 6.26 Å². The second kappa shape index (κ2) is 5.89. The molecular weight excluding hydrogens is 318 g/mol. The number of nitrogens with one attached hydrogen (secondary N) is 1. The van der Waals surface area contributed by atoms with Gasteiger partial charge in [-0.05, 0) is 44.9 Å². The van der Waals surface area contributed by atoms with E-state index in [9.17, 15) is 13.2 Å². The minimum atomic E-state index is -3.44. The van der Waals surface area contributed by atoms with E-state index in [1.807, 2.05) is 0 Å². The summed E-state index contributed by atoms with van der Waals surface area (Å²) in [6.45, 7) is 7.40. The van der Waals surface area contributed by atoms with E-state index >= 15 is 0 Å². The minimum absolute atomic E-state index is 0.0741. The van der Waals surface area contributed by atoms with E-state index in [1.54, 1.807) is 0 Å². The first-order valence-corrected chi connectivity index (χ1v) is 9.66. The third-order valence-electron chi connectivity index (χ3n) is 4.74. The number of carbonyl (C=O) groups excluding carboxylic acids is 1. The van der Waals surface area contributed by atoms with Crippen molar-refractivity contribution in [3.8, 4) is 0 Å². The van der Waals surface area contributed by atoms with Gasteiger partial charge in [0.05, 0.1) is 0 Å². The van der Waals surface area contributed by atoms with Gasteiger partial charge in [0.25, 0.3) is 0 Å². The molecule has 0 aromatic carbocycles. The maximum absolute atomic E-state index is 12.2. The lowest BCUT2D eigenvalue weighted by molar-refractivity contribution is 0.0871. The van der Waals surface area contributed by atoms with Crippen molar-refractivity contribution in [1.82, 2.24) is 15.5 Å². The number of aromatic nitrogens is 2. The van der Waals surface area contributed by atoms with Crippen LogP contribution in [0.3, 0.4) is 0 Å². The van der Waals surface area contributed by atoms with Gasteiger partial charge in [0.1, 0.15) is 4.75 Å². The molecule has 0 aliphatic heterocycles. The highest BCUT2D eigenvalue weighted by atomic mass is 32.2. The summed E-state index contributed by atoms with van der Waals surface area (Å²) in [6, 6.07) is 0.0915. The molecular formula is C15H25N3O4S. The predicted molar refractivity (Wildman–Crippen MR) is 85.7 cm³/mol. The Morgan fingerprint density at radius 2 is 1.83 bits per heavy atom. The first-order chi connectivity index (χ1) is 10.4. The van der Waals surface area contributed by atoms with Crippen LogP contribution in [0.5, 0.6) is 0 Å². The fourth-order valence-corrected chi connectivity index (χ4v) is 2.91. The lowest BCUT2D eigenvalue weighted by Gasteiger charge is -2.34. The molecule has 1 aliphatic carbocycles. The second-order valence-electron chi connectivity index (χ2n) is 7.61. The van der Waals surface area contributed by atoms with Gasteiger partial charge in [-0.15, -0.1) is 10.2 Å². The molecule has 1 heterocycles. The zero-order valence-electron chi connectivity index (χ0n) is 14.3. The maximum Gasteiger partial charge on any atom is 0.309 e. The normalized spacial score (nSPS) is 19.5. The van der Waals surface area contributed by atoms with E-state index in [4.69, 9.17) is 4.42 Å². The summed E-state index contributed by atoms with van der Waals surface area (Å²) in [4.78, 5) is 12.2. The molecule has 1 saturated carbocycles. The summed E-state index contributed by atoms with van der Waals surface area (Å²) in [5.74, 6) is -0.714.